The van der Waals surface area contributed by atoms with Crippen LogP contribution < -0.4 is 20.2 Å². The lowest BCUT2D eigenvalue weighted by molar-refractivity contribution is -0.134. The summed E-state index contributed by atoms with van der Waals surface area (Å²) in [6, 6.07) is 13.0. The summed E-state index contributed by atoms with van der Waals surface area (Å²) in [7, 11) is 0. The molecule has 3 N–H and O–H groups in total. The molecular weight excluding hydrogens is 564 g/mol. The van der Waals surface area contributed by atoms with E-state index in [-0.39, 0.29) is 31.1 Å². The number of aliphatic hydroxyl groups is 1. The highest BCUT2D eigenvalue weighted by atomic mass is 79.9. The number of rotatable bonds is 10. The monoisotopic (exact) mass is 592 g/mol. The first-order valence-electron chi connectivity index (χ1n) is 12.2. The number of ether oxygens (including phenoxy) is 2. The zero-order chi connectivity index (χ0) is 26.2. The molecule has 1 atom stereocenters. The molecule has 2 amide bonds. The van der Waals surface area contributed by atoms with Crippen LogP contribution in [-0.4, -0.2) is 72.5 Å². The minimum absolute atomic E-state index is 0.0964. The fourth-order valence-corrected chi connectivity index (χ4v) is 4.63. The van der Waals surface area contributed by atoms with Crippen molar-refractivity contribution in [3.05, 3.63) is 57.5 Å². The molecular formula is C26H30BrClN4O5. The van der Waals surface area contributed by atoms with Crippen molar-refractivity contribution in [3.63, 3.8) is 0 Å². The van der Waals surface area contributed by atoms with Gasteiger partial charge in [0.2, 0.25) is 5.91 Å². The molecule has 0 aliphatic carbocycles. The Balaban J connectivity index is 1.15. The molecule has 0 aromatic heterocycles. The van der Waals surface area contributed by atoms with Crippen molar-refractivity contribution >= 4 is 45.1 Å². The van der Waals surface area contributed by atoms with Crippen molar-refractivity contribution in [2.75, 3.05) is 32.8 Å². The molecule has 2 aliphatic rings. The van der Waals surface area contributed by atoms with E-state index < -0.39 is 6.10 Å². The van der Waals surface area contributed by atoms with E-state index in [4.69, 9.17) is 21.1 Å². The molecule has 1 unspecified atom stereocenters. The number of piperidine rings is 1. The Morgan fingerprint density at radius 1 is 1.19 bits per heavy atom. The zero-order valence-corrected chi connectivity index (χ0v) is 22.6. The minimum Gasteiger partial charge on any atom is -0.491 e. The quantitative estimate of drug-likeness (QED) is 0.390. The SMILES string of the molecule is O=C1CCC(c2ccc(OCC(=O)N3CCC(NCC(O)COc4ccc(Br)cc4)CC3)c(Cl)c2)=NN1. The summed E-state index contributed by atoms with van der Waals surface area (Å²) in [5.74, 6) is 0.936. The van der Waals surface area contributed by atoms with Gasteiger partial charge in [0.15, 0.2) is 6.61 Å². The van der Waals surface area contributed by atoms with Gasteiger partial charge in [0.05, 0.1) is 10.7 Å². The summed E-state index contributed by atoms with van der Waals surface area (Å²) in [6.07, 6.45) is 1.89. The van der Waals surface area contributed by atoms with Gasteiger partial charge in [-0.2, -0.15) is 5.10 Å². The van der Waals surface area contributed by atoms with E-state index in [9.17, 15) is 14.7 Å². The van der Waals surface area contributed by atoms with Crippen LogP contribution in [0.3, 0.4) is 0 Å². The molecule has 2 aromatic carbocycles. The fourth-order valence-electron chi connectivity index (χ4n) is 4.13. The molecule has 0 radical (unpaired) electrons. The number of nitrogens with one attached hydrogen (secondary N) is 2. The van der Waals surface area contributed by atoms with Gasteiger partial charge in [0, 0.05) is 43.0 Å². The number of likely N-dealkylation sites (tertiary alicyclic amines) is 1. The van der Waals surface area contributed by atoms with Crippen molar-refractivity contribution in [2.45, 2.75) is 37.8 Å². The number of hydrogen-bond donors (Lipinski definition) is 3. The second-order valence-electron chi connectivity index (χ2n) is 9.01. The highest BCUT2D eigenvalue weighted by Gasteiger charge is 2.24. The van der Waals surface area contributed by atoms with Crippen molar-refractivity contribution in [3.8, 4) is 11.5 Å². The maximum atomic E-state index is 12.7. The van der Waals surface area contributed by atoms with Gasteiger partial charge < -0.3 is 24.8 Å². The number of hydrazone groups is 1. The van der Waals surface area contributed by atoms with Crippen LogP contribution >= 0.6 is 27.5 Å². The highest BCUT2D eigenvalue weighted by molar-refractivity contribution is 9.10. The summed E-state index contributed by atoms with van der Waals surface area (Å²) in [5, 5.41) is 18.1. The van der Waals surface area contributed by atoms with E-state index in [1.165, 1.54) is 0 Å². The van der Waals surface area contributed by atoms with Crippen LogP contribution in [0.25, 0.3) is 0 Å². The predicted molar refractivity (Wildman–Crippen MR) is 144 cm³/mol. The Kier molecular flexibility index (Phi) is 9.79. The van der Waals surface area contributed by atoms with Gasteiger partial charge in [0.25, 0.3) is 5.91 Å². The van der Waals surface area contributed by atoms with Gasteiger partial charge in [0.1, 0.15) is 24.2 Å². The van der Waals surface area contributed by atoms with E-state index in [1.54, 1.807) is 17.0 Å². The van der Waals surface area contributed by atoms with E-state index in [2.05, 4.69) is 31.8 Å². The van der Waals surface area contributed by atoms with Crippen LogP contribution in [0.15, 0.2) is 52.0 Å². The lowest BCUT2D eigenvalue weighted by Crippen LogP contribution is -2.48. The maximum Gasteiger partial charge on any atom is 0.260 e. The number of halogens is 2. The third-order valence-corrected chi connectivity index (χ3v) is 7.09. The van der Waals surface area contributed by atoms with Crippen LogP contribution in [0, 0.1) is 0 Å². The number of benzene rings is 2. The Bertz CT molecular complexity index is 1120. The molecule has 1 saturated heterocycles. The third kappa shape index (κ3) is 8.16. The van der Waals surface area contributed by atoms with E-state index >= 15 is 0 Å². The van der Waals surface area contributed by atoms with E-state index in [1.807, 2.05) is 30.3 Å². The number of amides is 2. The molecule has 2 aromatic rings. The standard InChI is InChI=1S/C26H30BrClN4O5/c27-18-2-4-21(5-3-18)36-15-20(33)14-29-19-9-11-32(12-10-19)26(35)16-37-24-7-1-17(13-22(24)28)23-6-8-25(34)31-30-23/h1-5,7,13,19-20,29,33H,6,8-12,14-16H2,(H,31,34). The molecule has 4 rings (SSSR count). The molecule has 0 spiro atoms. The number of aliphatic hydroxyl groups excluding tert-OH is 1. The lowest BCUT2D eigenvalue weighted by atomic mass is 10.0. The second-order valence-corrected chi connectivity index (χ2v) is 10.3. The average molecular weight is 594 g/mol. The Labute approximate surface area is 229 Å². The topological polar surface area (TPSA) is 112 Å². The second kappa shape index (κ2) is 13.2. The fraction of sp³-hybridized carbons (Fsp3) is 0.423. The number of carbonyl (C=O) groups is 2. The van der Waals surface area contributed by atoms with Crippen LogP contribution in [0.1, 0.15) is 31.2 Å². The highest BCUT2D eigenvalue weighted by Crippen LogP contribution is 2.27. The Morgan fingerprint density at radius 2 is 1.95 bits per heavy atom. The maximum absolute atomic E-state index is 12.7. The smallest absolute Gasteiger partial charge is 0.260 e. The summed E-state index contributed by atoms with van der Waals surface area (Å²) in [4.78, 5) is 25.7. The largest absolute Gasteiger partial charge is 0.491 e. The van der Waals surface area contributed by atoms with Crippen LogP contribution in [0.5, 0.6) is 11.5 Å². The molecule has 198 valence electrons. The predicted octanol–water partition coefficient (Wildman–Crippen LogP) is 3.12. The summed E-state index contributed by atoms with van der Waals surface area (Å²) in [6.45, 7) is 1.76. The van der Waals surface area contributed by atoms with Crippen molar-refractivity contribution < 1.29 is 24.2 Å². The van der Waals surface area contributed by atoms with E-state index in [0.29, 0.717) is 49.0 Å². The van der Waals surface area contributed by atoms with Gasteiger partial charge in [-0.25, -0.2) is 5.43 Å². The number of carbonyl (C=O) groups excluding carboxylic acids is 2. The van der Waals surface area contributed by atoms with Crippen LogP contribution in [0.4, 0.5) is 0 Å². The van der Waals surface area contributed by atoms with E-state index in [0.717, 1.165) is 28.6 Å². The average Bonchev–Trinajstić information content (AvgIpc) is 2.91. The van der Waals surface area contributed by atoms with Gasteiger partial charge >= 0.3 is 0 Å². The number of nitrogens with zero attached hydrogens (tertiary/aromatic N) is 2. The van der Waals surface area contributed by atoms with Gasteiger partial charge in [-0.15, -0.1) is 0 Å². The number of hydrogen-bond acceptors (Lipinski definition) is 7. The first-order chi connectivity index (χ1) is 17.9. The molecule has 2 heterocycles. The van der Waals surface area contributed by atoms with Gasteiger partial charge in [-0.3, -0.25) is 9.59 Å². The normalized spacial score (nSPS) is 17.1. The molecule has 2 aliphatic heterocycles. The van der Waals surface area contributed by atoms with Gasteiger partial charge in [-0.05, 0) is 60.9 Å². The molecule has 37 heavy (non-hydrogen) atoms. The van der Waals surface area contributed by atoms with Gasteiger partial charge in [-0.1, -0.05) is 27.5 Å². The Morgan fingerprint density at radius 3 is 2.62 bits per heavy atom. The first-order valence-corrected chi connectivity index (χ1v) is 13.4. The molecule has 11 heteroatoms. The van der Waals surface area contributed by atoms with Crippen molar-refractivity contribution in [1.82, 2.24) is 15.6 Å². The zero-order valence-electron chi connectivity index (χ0n) is 20.3. The van der Waals surface area contributed by atoms with Crippen molar-refractivity contribution in [2.24, 2.45) is 5.10 Å². The van der Waals surface area contributed by atoms with Crippen LogP contribution in [0.2, 0.25) is 5.02 Å². The van der Waals surface area contributed by atoms with Crippen molar-refractivity contribution in [1.29, 1.82) is 0 Å². The minimum atomic E-state index is -0.628. The lowest BCUT2D eigenvalue weighted by Gasteiger charge is -2.33. The summed E-state index contributed by atoms with van der Waals surface area (Å²) < 4.78 is 12.3. The first kappa shape index (κ1) is 27.4. The summed E-state index contributed by atoms with van der Waals surface area (Å²) in [5.41, 5.74) is 4.03. The molecule has 0 saturated carbocycles. The Hall–Kier alpha value is -2.66. The molecule has 1 fully saturated rings. The molecule has 0 bridgehead atoms. The summed E-state index contributed by atoms with van der Waals surface area (Å²) >= 11 is 9.74. The third-order valence-electron chi connectivity index (χ3n) is 6.27. The van der Waals surface area contributed by atoms with Crippen LogP contribution in [-0.2, 0) is 9.59 Å². The molecule has 9 nitrogen and oxygen atoms in total.